The minimum atomic E-state index is -0.450. The highest BCUT2D eigenvalue weighted by Gasteiger charge is 2.39. The molecule has 0 amide bonds. The molecule has 0 spiro atoms. The molecule has 5 nitrogen and oxygen atoms in total. The summed E-state index contributed by atoms with van der Waals surface area (Å²) in [5.74, 6) is 0.160. The summed E-state index contributed by atoms with van der Waals surface area (Å²) in [6.07, 6.45) is 3.96. The summed E-state index contributed by atoms with van der Waals surface area (Å²) >= 11 is 0. The third kappa shape index (κ3) is 4.49. The largest absolute Gasteiger partial charge is 0.399 e. The van der Waals surface area contributed by atoms with Gasteiger partial charge in [0.25, 0.3) is 0 Å². The molecule has 2 unspecified atom stereocenters. The fourth-order valence-corrected chi connectivity index (χ4v) is 6.19. The van der Waals surface area contributed by atoms with Crippen molar-refractivity contribution >= 4 is 28.5 Å². The molecule has 0 aromatic heterocycles. The molecule has 6 rings (SSSR count). The van der Waals surface area contributed by atoms with Gasteiger partial charge in [0, 0.05) is 35.8 Å². The first-order valence-electron chi connectivity index (χ1n) is 13.5. The van der Waals surface area contributed by atoms with Gasteiger partial charge >= 0.3 is 0 Å². The van der Waals surface area contributed by atoms with Gasteiger partial charge in [-0.15, -0.1) is 0 Å². The van der Waals surface area contributed by atoms with Gasteiger partial charge in [-0.2, -0.15) is 0 Å². The maximum atomic E-state index is 15.1. The Balaban J connectivity index is 1.51. The van der Waals surface area contributed by atoms with Crippen molar-refractivity contribution in [2.75, 3.05) is 34.4 Å². The van der Waals surface area contributed by atoms with Gasteiger partial charge in [-0.3, -0.25) is 4.79 Å². The fourth-order valence-electron chi connectivity index (χ4n) is 6.19. The van der Waals surface area contributed by atoms with E-state index >= 15 is 4.79 Å². The molecule has 2 heterocycles. The third-order valence-electron chi connectivity index (χ3n) is 7.92. The summed E-state index contributed by atoms with van der Waals surface area (Å²) in [4.78, 5) is 19.7. The molecule has 0 saturated heterocycles. The number of anilines is 4. The Hall–Kier alpha value is -4.25. The number of hydrogen-bond acceptors (Lipinski definition) is 5. The van der Waals surface area contributed by atoms with Crippen molar-refractivity contribution in [2.45, 2.75) is 37.8 Å². The predicted octanol–water partition coefficient (Wildman–Crippen LogP) is 6.11. The van der Waals surface area contributed by atoms with E-state index < -0.39 is 12.1 Å². The van der Waals surface area contributed by atoms with E-state index in [0.29, 0.717) is 0 Å². The molecule has 192 valence electrons. The maximum absolute atomic E-state index is 15.1. The van der Waals surface area contributed by atoms with E-state index in [1.54, 1.807) is 0 Å². The van der Waals surface area contributed by atoms with E-state index in [1.807, 2.05) is 60.7 Å². The van der Waals surface area contributed by atoms with E-state index in [-0.39, 0.29) is 5.78 Å². The Kier molecular flexibility index (Phi) is 6.50. The van der Waals surface area contributed by atoms with Crippen molar-refractivity contribution in [3.63, 3.8) is 0 Å². The standard InChI is InChI=1S/C33H34N4O/c34-27-17-15-23-13-7-19-36(29(23)21-27)31(25-9-3-1-4-10-25)33(38)32(26-11-5-2-6-12-26)37-20-8-14-24-16-18-28(35)22-30(24)37/h1-6,9-12,15-18,21-22,31-32H,7-8,13-14,19-20,34-35H2. The number of carbonyl (C=O) groups excluding carboxylic acids is 1. The zero-order valence-electron chi connectivity index (χ0n) is 21.6. The topological polar surface area (TPSA) is 75.6 Å². The van der Waals surface area contributed by atoms with Crippen LogP contribution in [0.3, 0.4) is 0 Å². The van der Waals surface area contributed by atoms with Gasteiger partial charge in [0.1, 0.15) is 12.1 Å². The third-order valence-corrected chi connectivity index (χ3v) is 7.92. The van der Waals surface area contributed by atoms with Crippen LogP contribution in [-0.2, 0) is 17.6 Å². The van der Waals surface area contributed by atoms with Crippen LogP contribution < -0.4 is 21.3 Å². The van der Waals surface area contributed by atoms with Gasteiger partial charge in [0.15, 0.2) is 5.78 Å². The van der Waals surface area contributed by atoms with Crippen LogP contribution in [0.5, 0.6) is 0 Å². The normalized spacial score (nSPS) is 16.3. The molecule has 0 radical (unpaired) electrons. The second-order valence-electron chi connectivity index (χ2n) is 10.4. The number of Topliss-reactive ketones (excluding diaryl/α,β-unsaturated/α-hetero) is 1. The summed E-state index contributed by atoms with van der Waals surface area (Å²) in [6.45, 7) is 1.60. The highest BCUT2D eigenvalue weighted by molar-refractivity contribution is 5.96. The lowest BCUT2D eigenvalue weighted by molar-refractivity contribution is -0.122. The number of ketones is 1. The van der Waals surface area contributed by atoms with Crippen molar-refractivity contribution in [1.29, 1.82) is 0 Å². The van der Waals surface area contributed by atoms with Gasteiger partial charge in [0.2, 0.25) is 0 Å². The first-order valence-corrected chi connectivity index (χ1v) is 13.5. The molecule has 0 bridgehead atoms. The molecule has 0 fully saturated rings. The Morgan fingerprint density at radius 2 is 1.03 bits per heavy atom. The van der Waals surface area contributed by atoms with E-state index in [9.17, 15) is 0 Å². The maximum Gasteiger partial charge on any atom is 0.186 e. The molecular formula is C33H34N4O. The number of hydrogen-bond donors (Lipinski definition) is 2. The second kappa shape index (κ2) is 10.3. The number of nitrogens with two attached hydrogens (primary N) is 2. The SMILES string of the molecule is Nc1ccc2c(c1)N(C(C(=O)C(c1ccccc1)N1CCCc3ccc(N)cc31)c1ccccc1)CCC2. The van der Waals surface area contributed by atoms with Gasteiger partial charge in [-0.25, -0.2) is 0 Å². The monoisotopic (exact) mass is 502 g/mol. The van der Waals surface area contributed by atoms with Crippen molar-refractivity contribution < 1.29 is 4.79 Å². The van der Waals surface area contributed by atoms with Crippen LogP contribution in [0.1, 0.15) is 47.2 Å². The number of benzene rings is 4. The number of carbonyl (C=O) groups is 1. The average molecular weight is 503 g/mol. The van der Waals surface area contributed by atoms with Crippen molar-refractivity contribution in [1.82, 2.24) is 0 Å². The molecule has 0 saturated carbocycles. The van der Waals surface area contributed by atoms with Crippen LogP contribution in [0.15, 0.2) is 97.1 Å². The van der Waals surface area contributed by atoms with Crippen LogP contribution in [-0.4, -0.2) is 18.9 Å². The van der Waals surface area contributed by atoms with E-state index in [0.717, 1.165) is 72.6 Å². The van der Waals surface area contributed by atoms with Crippen LogP contribution in [0.4, 0.5) is 22.7 Å². The summed E-state index contributed by atoms with van der Waals surface area (Å²) in [7, 11) is 0. The minimum Gasteiger partial charge on any atom is -0.399 e. The van der Waals surface area contributed by atoms with Crippen LogP contribution in [0, 0.1) is 0 Å². The lowest BCUT2D eigenvalue weighted by Gasteiger charge is -2.43. The molecule has 5 heteroatoms. The van der Waals surface area contributed by atoms with Gasteiger partial charge < -0.3 is 21.3 Å². The molecule has 4 aromatic carbocycles. The molecule has 2 atom stereocenters. The summed E-state index contributed by atoms with van der Waals surface area (Å²) in [5.41, 5.74) is 20.6. The molecule has 0 aliphatic carbocycles. The molecular weight excluding hydrogens is 468 g/mol. The van der Waals surface area contributed by atoms with Crippen molar-refractivity contribution in [3.05, 3.63) is 119 Å². The first kappa shape index (κ1) is 24.1. The first-order chi connectivity index (χ1) is 18.6. The number of fused-ring (bicyclic) bond motifs is 2. The predicted molar refractivity (Wildman–Crippen MR) is 156 cm³/mol. The quantitative estimate of drug-likeness (QED) is 0.311. The number of aryl methyl sites for hydroxylation is 2. The summed E-state index contributed by atoms with van der Waals surface area (Å²) in [6, 6.07) is 31.7. The Bertz CT molecular complexity index is 1330. The van der Waals surface area contributed by atoms with Gasteiger partial charge in [-0.05, 0) is 72.2 Å². The van der Waals surface area contributed by atoms with Crippen molar-refractivity contribution in [3.8, 4) is 0 Å². The number of nitrogens with zero attached hydrogens (tertiary/aromatic N) is 2. The van der Waals surface area contributed by atoms with Crippen molar-refractivity contribution in [2.24, 2.45) is 0 Å². The lowest BCUT2D eigenvalue weighted by atomic mass is 9.87. The van der Waals surface area contributed by atoms with Crippen LogP contribution in [0.25, 0.3) is 0 Å². The molecule has 4 N–H and O–H groups in total. The molecule has 2 aliphatic heterocycles. The average Bonchev–Trinajstić information content (AvgIpc) is 2.95. The highest BCUT2D eigenvalue weighted by Crippen LogP contribution is 2.42. The van der Waals surface area contributed by atoms with E-state index in [1.165, 1.54) is 11.1 Å². The summed E-state index contributed by atoms with van der Waals surface area (Å²) in [5, 5.41) is 0. The molecule has 2 aliphatic rings. The number of rotatable bonds is 6. The minimum absolute atomic E-state index is 0.160. The zero-order valence-corrected chi connectivity index (χ0v) is 21.6. The second-order valence-corrected chi connectivity index (χ2v) is 10.4. The zero-order chi connectivity index (χ0) is 26.1. The Morgan fingerprint density at radius 1 is 0.605 bits per heavy atom. The van der Waals surface area contributed by atoms with E-state index in [2.05, 4.69) is 46.2 Å². The Morgan fingerprint density at radius 3 is 1.45 bits per heavy atom. The van der Waals surface area contributed by atoms with Crippen LogP contribution >= 0.6 is 0 Å². The number of nitrogen functional groups attached to an aromatic ring is 2. The fraction of sp³-hybridized carbons (Fsp3) is 0.242. The van der Waals surface area contributed by atoms with Gasteiger partial charge in [0.05, 0.1) is 0 Å². The van der Waals surface area contributed by atoms with Crippen LogP contribution in [0.2, 0.25) is 0 Å². The van der Waals surface area contributed by atoms with E-state index in [4.69, 9.17) is 11.5 Å². The smallest absolute Gasteiger partial charge is 0.186 e. The van der Waals surface area contributed by atoms with Gasteiger partial charge in [-0.1, -0.05) is 72.8 Å². The summed E-state index contributed by atoms with van der Waals surface area (Å²) < 4.78 is 0. The molecule has 4 aromatic rings. The Labute approximate surface area is 224 Å². The lowest BCUT2D eigenvalue weighted by Crippen LogP contribution is -2.45. The molecule has 38 heavy (non-hydrogen) atoms. The highest BCUT2D eigenvalue weighted by atomic mass is 16.1.